The van der Waals surface area contributed by atoms with Crippen molar-refractivity contribution in [3.05, 3.63) is 75.1 Å². The van der Waals surface area contributed by atoms with Crippen LogP contribution in [-0.4, -0.2) is 22.7 Å². The predicted molar refractivity (Wildman–Crippen MR) is 118 cm³/mol. The minimum atomic E-state index is -1.21. The molecule has 0 aliphatic heterocycles. The molecule has 0 heterocycles. The lowest BCUT2D eigenvalue weighted by atomic mass is 9.89. The number of allylic oxidation sites excluding steroid dienone is 1. The van der Waals surface area contributed by atoms with Crippen molar-refractivity contribution in [2.75, 3.05) is 0 Å². The predicted octanol–water partition coefficient (Wildman–Crippen LogP) is 5.58. The quantitative estimate of drug-likeness (QED) is 0.649. The van der Waals surface area contributed by atoms with E-state index in [2.05, 4.69) is 4.99 Å². The van der Waals surface area contributed by atoms with Crippen LogP contribution in [0.1, 0.15) is 76.3 Å². The molecule has 4 rings (SSSR count). The van der Waals surface area contributed by atoms with Gasteiger partial charge in [-0.3, -0.25) is 4.79 Å². The normalized spacial score (nSPS) is 19.4. The van der Waals surface area contributed by atoms with Crippen molar-refractivity contribution in [2.45, 2.75) is 44.4 Å². The monoisotopic (exact) mass is 440 g/mol. The number of aromatic carboxylic acids is 1. The molecule has 0 unspecified atom stereocenters. The summed E-state index contributed by atoms with van der Waals surface area (Å²) in [4.78, 5) is 28.6. The van der Waals surface area contributed by atoms with Gasteiger partial charge >= 0.3 is 5.97 Å². The third-order valence-electron chi connectivity index (χ3n) is 5.78. The molecule has 5 nitrogen and oxygen atoms in total. The second-order valence-corrected chi connectivity index (χ2v) is 8.35. The lowest BCUT2D eigenvalue weighted by Crippen LogP contribution is -2.18. The zero-order valence-electron chi connectivity index (χ0n) is 16.8. The summed E-state index contributed by atoms with van der Waals surface area (Å²) in [5, 5.41) is 9.43. The Balaban J connectivity index is 1.74. The van der Waals surface area contributed by atoms with E-state index in [0.717, 1.165) is 37.3 Å². The topological polar surface area (TPSA) is 92.8 Å². The number of carboxylic acids is 1. The highest BCUT2D eigenvalue weighted by Gasteiger charge is 2.30. The Morgan fingerprint density at radius 1 is 1.13 bits per heavy atom. The van der Waals surface area contributed by atoms with Crippen LogP contribution in [0.2, 0.25) is 5.02 Å². The highest BCUT2D eigenvalue weighted by atomic mass is 35.5. The summed E-state index contributed by atoms with van der Waals surface area (Å²) in [5.41, 5.74) is 8.95. The van der Waals surface area contributed by atoms with Crippen LogP contribution < -0.4 is 5.73 Å². The summed E-state index contributed by atoms with van der Waals surface area (Å²) >= 11 is 6.35. The summed E-state index contributed by atoms with van der Waals surface area (Å²) in [7, 11) is 0. The summed E-state index contributed by atoms with van der Waals surface area (Å²) in [6.07, 6.45) is 4.87. The molecule has 0 bridgehead atoms. The molecular formula is C24H22ClFN2O3. The number of hydrogen-bond acceptors (Lipinski definition) is 3. The molecule has 160 valence electrons. The molecule has 3 N–H and O–H groups in total. The average Bonchev–Trinajstić information content (AvgIpc) is 3.58. The van der Waals surface area contributed by atoms with E-state index in [1.165, 1.54) is 12.1 Å². The van der Waals surface area contributed by atoms with E-state index in [-0.39, 0.29) is 16.8 Å². The molecule has 0 radical (unpaired) electrons. The minimum Gasteiger partial charge on any atom is -0.478 e. The molecule has 0 aromatic heterocycles. The first kappa shape index (κ1) is 21.2. The molecule has 0 spiro atoms. The molecule has 2 saturated carbocycles. The molecule has 31 heavy (non-hydrogen) atoms. The third-order valence-corrected chi connectivity index (χ3v) is 6.10. The van der Waals surface area contributed by atoms with E-state index in [0.29, 0.717) is 40.6 Å². The number of nitrogens with two attached hydrogens (primary N) is 1. The second kappa shape index (κ2) is 8.63. The van der Waals surface area contributed by atoms with Gasteiger partial charge in [0.2, 0.25) is 0 Å². The molecule has 2 fully saturated rings. The lowest BCUT2D eigenvalue weighted by Gasteiger charge is -2.20. The van der Waals surface area contributed by atoms with Gasteiger partial charge in [-0.1, -0.05) is 23.7 Å². The Morgan fingerprint density at radius 2 is 1.87 bits per heavy atom. The Morgan fingerprint density at radius 3 is 2.55 bits per heavy atom. The van der Waals surface area contributed by atoms with Crippen LogP contribution in [0.25, 0.3) is 5.70 Å². The van der Waals surface area contributed by atoms with Crippen molar-refractivity contribution in [3.8, 4) is 0 Å². The number of nitrogens with zero attached hydrogens (tertiary/aromatic N) is 1. The van der Waals surface area contributed by atoms with Gasteiger partial charge in [0.15, 0.2) is 0 Å². The van der Waals surface area contributed by atoms with Gasteiger partial charge in [-0.25, -0.2) is 14.2 Å². The number of rotatable bonds is 4. The van der Waals surface area contributed by atoms with E-state index in [9.17, 15) is 14.0 Å². The Bertz CT molecular complexity index is 1140. The van der Waals surface area contributed by atoms with Crippen molar-refractivity contribution < 1.29 is 19.1 Å². The van der Waals surface area contributed by atoms with Crippen LogP contribution in [-0.2, 0) is 0 Å². The molecule has 7 heteroatoms. The fourth-order valence-electron chi connectivity index (χ4n) is 4.01. The SMILES string of the molecule is NC(=C1CCCCC1=NC(=O)c1c(Cl)cccc1C1CC1)c1ccc(C(=O)O)cc1F. The maximum absolute atomic E-state index is 14.6. The van der Waals surface area contributed by atoms with Crippen LogP contribution in [0.3, 0.4) is 0 Å². The van der Waals surface area contributed by atoms with Gasteiger partial charge in [-0.15, -0.1) is 0 Å². The van der Waals surface area contributed by atoms with Gasteiger partial charge in [0.05, 0.1) is 16.1 Å². The molecule has 1 amide bonds. The number of carbonyl (C=O) groups is 2. The van der Waals surface area contributed by atoms with Gasteiger partial charge in [0.1, 0.15) is 5.82 Å². The summed E-state index contributed by atoms with van der Waals surface area (Å²) in [6.45, 7) is 0. The van der Waals surface area contributed by atoms with E-state index < -0.39 is 17.7 Å². The number of amides is 1. The molecule has 2 aromatic rings. The summed E-state index contributed by atoms with van der Waals surface area (Å²) in [6, 6.07) is 9.06. The Kier molecular flexibility index (Phi) is 5.92. The first-order valence-corrected chi connectivity index (χ1v) is 10.7. The fraction of sp³-hybridized carbons (Fsp3) is 0.292. The number of carbonyl (C=O) groups excluding carboxylic acids is 1. The highest BCUT2D eigenvalue weighted by Crippen LogP contribution is 2.43. The minimum absolute atomic E-state index is 0.110. The van der Waals surface area contributed by atoms with Crippen LogP contribution in [0.5, 0.6) is 0 Å². The number of hydrogen-bond donors (Lipinski definition) is 2. The zero-order valence-corrected chi connectivity index (χ0v) is 17.6. The average molecular weight is 441 g/mol. The summed E-state index contributed by atoms with van der Waals surface area (Å²) < 4.78 is 14.6. The van der Waals surface area contributed by atoms with Crippen molar-refractivity contribution in [2.24, 2.45) is 10.7 Å². The largest absolute Gasteiger partial charge is 0.478 e. The maximum Gasteiger partial charge on any atom is 0.335 e. The molecule has 0 saturated heterocycles. The maximum atomic E-state index is 14.6. The van der Waals surface area contributed by atoms with E-state index in [4.69, 9.17) is 22.4 Å². The fourth-order valence-corrected chi connectivity index (χ4v) is 4.27. The molecule has 2 aliphatic rings. The van der Waals surface area contributed by atoms with E-state index >= 15 is 0 Å². The van der Waals surface area contributed by atoms with Crippen LogP contribution in [0.4, 0.5) is 4.39 Å². The molecule has 0 atom stereocenters. The smallest absolute Gasteiger partial charge is 0.335 e. The molecule has 2 aromatic carbocycles. The first-order chi connectivity index (χ1) is 14.9. The van der Waals surface area contributed by atoms with Gasteiger partial charge in [0, 0.05) is 17.0 Å². The van der Waals surface area contributed by atoms with E-state index in [1.54, 1.807) is 6.07 Å². The van der Waals surface area contributed by atoms with Gasteiger partial charge in [-0.05, 0) is 79.8 Å². The number of benzene rings is 2. The van der Waals surface area contributed by atoms with Gasteiger partial charge < -0.3 is 10.8 Å². The third kappa shape index (κ3) is 4.39. The number of carboxylic acid groups (broad SMARTS) is 1. The molecular weight excluding hydrogens is 419 g/mol. The number of halogens is 2. The Labute approximate surface area is 184 Å². The second-order valence-electron chi connectivity index (χ2n) is 7.94. The van der Waals surface area contributed by atoms with Crippen molar-refractivity contribution in [1.29, 1.82) is 0 Å². The van der Waals surface area contributed by atoms with E-state index in [1.807, 2.05) is 12.1 Å². The Hall–Kier alpha value is -2.99. The van der Waals surface area contributed by atoms with Gasteiger partial charge in [-0.2, -0.15) is 0 Å². The highest BCUT2D eigenvalue weighted by molar-refractivity contribution is 6.34. The standard InChI is InChI=1S/C24H22ClFN2O3/c25-18-6-3-5-15(13-8-9-13)21(18)23(29)28-20-7-2-1-4-17(20)22(27)16-11-10-14(24(30)31)12-19(16)26/h3,5-6,10-13H,1-2,4,7-9,27H2,(H,30,31). The van der Waals surface area contributed by atoms with Crippen molar-refractivity contribution >= 4 is 34.9 Å². The van der Waals surface area contributed by atoms with Crippen LogP contribution in [0.15, 0.2) is 47.0 Å². The first-order valence-electron chi connectivity index (χ1n) is 10.3. The lowest BCUT2D eigenvalue weighted by molar-refractivity contribution is 0.0696. The van der Waals surface area contributed by atoms with Crippen LogP contribution in [0, 0.1) is 5.82 Å². The van der Waals surface area contributed by atoms with Crippen molar-refractivity contribution in [1.82, 2.24) is 0 Å². The molecule has 2 aliphatic carbocycles. The van der Waals surface area contributed by atoms with Crippen LogP contribution >= 0.6 is 11.6 Å². The zero-order chi connectivity index (χ0) is 22.1. The number of aliphatic imine (C=N–C) groups is 1. The summed E-state index contributed by atoms with van der Waals surface area (Å²) in [5.74, 6) is -2.00. The van der Waals surface area contributed by atoms with Crippen molar-refractivity contribution in [3.63, 3.8) is 0 Å². The van der Waals surface area contributed by atoms with Gasteiger partial charge in [0.25, 0.3) is 5.91 Å².